The first-order valence-electron chi connectivity index (χ1n) is 10.3. The standard InChI is InChI=1S/C7H13N.C6H12N2.C6H10O/c1-2-6-4-5-7(3-1)8-6;1-2-6-7-4-3-5(1)8-6;1-2-6-4-3-5(1)7-6/h6-8H,1-5H2;5-8H,1-4H2;5-6H,1-4H2. The quantitative estimate of drug-likeness (QED) is 0.642. The van der Waals surface area contributed by atoms with Crippen molar-refractivity contribution in [3.8, 4) is 0 Å². The molecule has 6 rings (SSSR count). The number of fused-ring (bicyclic) bond motifs is 6. The average molecular weight is 322 g/mol. The minimum absolute atomic E-state index is 0.661. The van der Waals surface area contributed by atoms with Gasteiger partial charge in [0.2, 0.25) is 0 Å². The van der Waals surface area contributed by atoms with Crippen molar-refractivity contribution in [2.24, 2.45) is 0 Å². The van der Waals surface area contributed by atoms with Gasteiger partial charge in [0, 0.05) is 18.1 Å². The van der Waals surface area contributed by atoms with Crippen LogP contribution in [0.25, 0.3) is 0 Å². The lowest BCUT2D eigenvalue weighted by atomic mass is 10.0. The molecule has 4 heteroatoms. The summed E-state index contributed by atoms with van der Waals surface area (Å²) in [7, 11) is 0. The lowest BCUT2D eigenvalue weighted by Gasteiger charge is -2.21. The number of ether oxygens (including phenoxy) is 1. The van der Waals surface area contributed by atoms with E-state index in [0.29, 0.717) is 18.4 Å². The van der Waals surface area contributed by atoms with E-state index >= 15 is 0 Å². The molecule has 6 heterocycles. The zero-order chi connectivity index (χ0) is 15.5. The van der Waals surface area contributed by atoms with Gasteiger partial charge in [0.15, 0.2) is 0 Å². The molecule has 4 nitrogen and oxygen atoms in total. The van der Waals surface area contributed by atoms with Gasteiger partial charge >= 0.3 is 0 Å². The molecule has 6 aliphatic heterocycles. The van der Waals surface area contributed by atoms with Gasteiger partial charge < -0.3 is 15.4 Å². The summed E-state index contributed by atoms with van der Waals surface area (Å²) < 4.78 is 5.47. The Morgan fingerprint density at radius 2 is 1.17 bits per heavy atom. The predicted octanol–water partition coefficient (Wildman–Crippen LogP) is 2.68. The van der Waals surface area contributed by atoms with Crippen molar-refractivity contribution in [3.05, 3.63) is 0 Å². The third kappa shape index (κ3) is 4.47. The zero-order valence-corrected chi connectivity index (χ0v) is 14.6. The van der Waals surface area contributed by atoms with Gasteiger partial charge in [0.25, 0.3) is 0 Å². The van der Waals surface area contributed by atoms with E-state index in [4.69, 9.17) is 4.74 Å². The molecule has 0 amide bonds. The molecule has 4 unspecified atom stereocenters. The minimum atomic E-state index is 0.661. The van der Waals surface area contributed by atoms with Gasteiger partial charge in [0.05, 0.1) is 18.4 Å². The SMILES string of the molecule is C1CC2CCC(C1)N2.C1CC2CCC(N1)N2.C1CC2CCC1O2. The fourth-order valence-corrected chi connectivity index (χ4v) is 5.18. The summed E-state index contributed by atoms with van der Waals surface area (Å²) in [5.74, 6) is 0. The second-order valence-electron chi connectivity index (χ2n) is 8.34. The van der Waals surface area contributed by atoms with Crippen LogP contribution in [0.3, 0.4) is 0 Å². The first-order valence-corrected chi connectivity index (χ1v) is 10.3. The van der Waals surface area contributed by atoms with E-state index in [-0.39, 0.29) is 0 Å². The maximum Gasteiger partial charge on any atom is 0.0580 e. The van der Waals surface area contributed by atoms with Crippen LogP contribution in [0, 0.1) is 0 Å². The number of hydrogen-bond acceptors (Lipinski definition) is 4. The Bertz CT molecular complexity index is 308. The molecule has 132 valence electrons. The first kappa shape index (κ1) is 16.3. The maximum absolute atomic E-state index is 5.47. The molecular weight excluding hydrogens is 286 g/mol. The van der Waals surface area contributed by atoms with E-state index in [1.165, 1.54) is 83.6 Å². The first-order chi connectivity index (χ1) is 11.3. The van der Waals surface area contributed by atoms with Crippen LogP contribution >= 0.6 is 0 Å². The van der Waals surface area contributed by atoms with Gasteiger partial charge in [0.1, 0.15) is 0 Å². The molecule has 4 atom stereocenters. The minimum Gasteiger partial charge on any atom is -0.375 e. The molecule has 3 N–H and O–H groups in total. The van der Waals surface area contributed by atoms with E-state index in [2.05, 4.69) is 16.0 Å². The highest BCUT2D eigenvalue weighted by Gasteiger charge is 2.31. The van der Waals surface area contributed by atoms with Crippen molar-refractivity contribution in [1.29, 1.82) is 0 Å². The van der Waals surface area contributed by atoms with Crippen LogP contribution in [-0.2, 0) is 4.74 Å². The Morgan fingerprint density at radius 1 is 0.565 bits per heavy atom. The van der Waals surface area contributed by atoms with Crippen molar-refractivity contribution >= 4 is 0 Å². The Labute approximate surface area is 141 Å². The second-order valence-corrected chi connectivity index (χ2v) is 8.34. The topological polar surface area (TPSA) is 45.3 Å². The summed E-state index contributed by atoms with van der Waals surface area (Å²) in [4.78, 5) is 0. The summed E-state index contributed by atoms with van der Waals surface area (Å²) in [5.41, 5.74) is 0. The molecule has 0 saturated carbocycles. The van der Waals surface area contributed by atoms with Gasteiger partial charge in [-0.05, 0) is 77.2 Å². The summed E-state index contributed by atoms with van der Waals surface area (Å²) in [6, 6.07) is 2.67. The molecule has 6 saturated heterocycles. The third-order valence-electron chi connectivity index (χ3n) is 6.57. The Morgan fingerprint density at radius 3 is 1.65 bits per heavy atom. The van der Waals surface area contributed by atoms with Crippen LogP contribution < -0.4 is 16.0 Å². The van der Waals surface area contributed by atoms with E-state index < -0.39 is 0 Å². The van der Waals surface area contributed by atoms with Crippen molar-refractivity contribution in [2.45, 2.75) is 114 Å². The van der Waals surface area contributed by atoms with Crippen LogP contribution in [0.2, 0.25) is 0 Å². The summed E-state index contributed by atoms with van der Waals surface area (Å²) in [6.07, 6.45) is 18.7. The number of rotatable bonds is 0. The second kappa shape index (κ2) is 7.81. The van der Waals surface area contributed by atoms with Crippen LogP contribution in [0.15, 0.2) is 0 Å². The smallest absolute Gasteiger partial charge is 0.0580 e. The number of nitrogens with one attached hydrogen (secondary N) is 3. The van der Waals surface area contributed by atoms with Gasteiger partial charge in [-0.1, -0.05) is 6.42 Å². The van der Waals surface area contributed by atoms with E-state index in [0.717, 1.165) is 18.1 Å². The van der Waals surface area contributed by atoms with Crippen LogP contribution in [0.4, 0.5) is 0 Å². The summed E-state index contributed by atoms with van der Waals surface area (Å²) in [5, 5.41) is 10.5. The van der Waals surface area contributed by atoms with Crippen LogP contribution in [0.5, 0.6) is 0 Å². The lowest BCUT2D eigenvalue weighted by molar-refractivity contribution is 0.105. The largest absolute Gasteiger partial charge is 0.375 e. The highest BCUT2D eigenvalue weighted by atomic mass is 16.5. The molecule has 6 bridgehead atoms. The highest BCUT2D eigenvalue weighted by Crippen LogP contribution is 2.33. The molecule has 0 radical (unpaired) electrons. The lowest BCUT2D eigenvalue weighted by Crippen LogP contribution is -2.46. The maximum atomic E-state index is 5.47. The van der Waals surface area contributed by atoms with E-state index in [1.807, 2.05) is 0 Å². The van der Waals surface area contributed by atoms with Crippen molar-refractivity contribution in [1.82, 2.24) is 16.0 Å². The number of hydrogen-bond donors (Lipinski definition) is 3. The predicted molar refractivity (Wildman–Crippen MR) is 93.5 cm³/mol. The Hall–Kier alpha value is -0.160. The van der Waals surface area contributed by atoms with Crippen molar-refractivity contribution < 1.29 is 4.74 Å². The summed E-state index contributed by atoms with van der Waals surface area (Å²) in [6.45, 7) is 1.22. The van der Waals surface area contributed by atoms with Gasteiger partial charge in [-0.25, -0.2) is 0 Å². The van der Waals surface area contributed by atoms with Gasteiger partial charge in [-0.2, -0.15) is 0 Å². The average Bonchev–Trinajstić information content (AvgIpc) is 3.37. The normalized spacial score (nSPS) is 45.9. The number of piperidine rings is 1. The fraction of sp³-hybridized carbons (Fsp3) is 1.00. The van der Waals surface area contributed by atoms with Crippen molar-refractivity contribution in [3.63, 3.8) is 0 Å². The molecule has 23 heavy (non-hydrogen) atoms. The molecule has 0 aromatic carbocycles. The molecular formula is C19H35N3O. The van der Waals surface area contributed by atoms with Gasteiger partial charge in [-0.15, -0.1) is 0 Å². The highest BCUT2D eigenvalue weighted by molar-refractivity contribution is 4.88. The van der Waals surface area contributed by atoms with Crippen LogP contribution in [-0.4, -0.2) is 43.0 Å². The monoisotopic (exact) mass is 321 g/mol. The molecule has 0 aromatic rings. The molecule has 6 aliphatic rings. The fourth-order valence-electron chi connectivity index (χ4n) is 5.18. The molecule has 0 spiro atoms. The van der Waals surface area contributed by atoms with Crippen molar-refractivity contribution in [2.75, 3.05) is 6.54 Å². The van der Waals surface area contributed by atoms with E-state index in [1.54, 1.807) is 0 Å². The van der Waals surface area contributed by atoms with E-state index in [9.17, 15) is 0 Å². The third-order valence-corrected chi connectivity index (χ3v) is 6.57. The summed E-state index contributed by atoms with van der Waals surface area (Å²) >= 11 is 0. The Balaban J connectivity index is 0.0000000884. The van der Waals surface area contributed by atoms with Crippen LogP contribution in [0.1, 0.15) is 77.0 Å². The molecule has 0 aliphatic carbocycles. The Kier molecular flexibility index (Phi) is 5.54. The van der Waals surface area contributed by atoms with Gasteiger partial charge in [-0.3, -0.25) is 5.32 Å². The molecule has 0 aromatic heterocycles. The molecule has 6 fully saturated rings. The zero-order valence-electron chi connectivity index (χ0n) is 14.6.